The van der Waals surface area contributed by atoms with Gasteiger partial charge in [-0.1, -0.05) is 24.3 Å². The van der Waals surface area contributed by atoms with Crippen LogP contribution in [0.3, 0.4) is 0 Å². The number of ether oxygens (including phenoxy) is 1. The fourth-order valence-electron chi connectivity index (χ4n) is 5.55. The average Bonchev–Trinajstić information content (AvgIpc) is 3.44. The Morgan fingerprint density at radius 1 is 1.18 bits per heavy atom. The number of nitrogens with zero attached hydrogens (tertiary/aromatic N) is 1. The summed E-state index contributed by atoms with van der Waals surface area (Å²) in [7, 11) is 0. The van der Waals surface area contributed by atoms with Crippen LogP contribution >= 0.6 is 0 Å². The third-order valence-electron chi connectivity index (χ3n) is 6.95. The fourth-order valence-corrected chi connectivity index (χ4v) is 5.55. The molecule has 1 saturated heterocycles. The van der Waals surface area contributed by atoms with E-state index in [4.69, 9.17) is 9.84 Å². The Hall–Kier alpha value is -2.97. The van der Waals surface area contributed by atoms with Crippen molar-refractivity contribution in [1.29, 1.82) is 0 Å². The molecule has 3 atom stereocenters. The van der Waals surface area contributed by atoms with E-state index in [0.717, 1.165) is 46.6 Å². The first-order chi connectivity index (χ1) is 16.3. The van der Waals surface area contributed by atoms with Crippen LogP contribution in [0, 0.1) is 11.6 Å². The number of benzene rings is 2. The average molecular weight is 473 g/mol. The smallest absolute Gasteiger partial charge is 0.328 e. The fraction of sp³-hybridized carbons (Fsp3) is 0.346. The van der Waals surface area contributed by atoms with Crippen molar-refractivity contribution >= 4 is 17.6 Å². The number of hydrogen-bond acceptors (Lipinski definition) is 3. The summed E-state index contributed by atoms with van der Waals surface area (Å²) in [5.74, 6) is -3.03. The van der Waals surface area contributed by atoms with Crippen molar-refractivity contribution in [2.45, 2.75) is 43.8 Å². The standard InChI is InChI=1S/C26H23F4NO3/c27-20-9-14(5-6-23(32)33)10-21(28)24(20)25-19-11-15-3-1-2-4-17(15)18(19)12-22(26(29)30)31(25)16-7-8-34-13-16/h1-6,9-10,16,22,25-26H,7-8,11-13H2,(H,32,33)/b6-5+. The lowest BCUT2D eigenvalue weighted by molar-refractivity contribution is -0.131. The van der Waals surface area contributed by atoms with Gasteiger partial charge in [0.15, 0.2) is 0 Å². The minimum Gasteiger partial charge on any atom is -0.478 e. The number of carboxylic acids is 1. The molecule has 3 unspecified atom stereocenters. The van der Waals surface area contributed by atoms with Crippen LogP contribution in [0.2, 0.25) is 0 Å². The van der Waals surface area contributed by atoms with Gasteiger partial charge >= 0.3 is 5.97 Å². The third-order valence-corrected chi connectivity index (χ3v) is 6.95. The van der Waals surface area contributed by atoms with Gasteiger partial charge in [0.25, 0.3) is 6.43 Å². The lowest BCUT2D eigenvalue weighted by Crippen LogP contribution is -2.52. The zero-order chi connectivity index (χ0) is 24.0. The molecule has 8 heteroatoms. The van der Waals surface area contributed by atoms with E-state index in [1.807, 2.05) is 24.3 Å². The number of carbonyl (C=O) groups is 1. The molecule has 5 rings (SSSR count). The van der Waals surface area contributed by atoms with E-state index >= 15 is 8.78 Å². The van der Waals surface area contributed by atoms with Crippen molar-refractivity contribution in [2.75, 3.05) is 13.2 Å². The van der Waals surface area contributed by atoms with Gasteiger partial charge in [0.1, 0.15) is 11.6 Å². The summed E-state index contributed by atoms with van der Waals surface area (Å²) in [6.45, 7) is 0.623. The number of carboxylic acid groups (broad SMARTS) is 1. The molecule has 2 heterocycles. The number of alkyl halides is 2. The van der Waals surface area contributed by atoms with Gasteiger partial charge in [-0.05, 0) is 65.3 Å². The Labute approximate surface area is 194 Å². The predicted octanol–water partition coefficient (Wildman–Crippen LogP) is 5.24. The predicted molar refractivity (Wildman–Crippen MR) is 118 cm³/mol. The molecule has 2 aromatic rings. The second-order valence-corrected chi connectivity index (χ2v) is 8.88. The second-order valence-electron chi connectivity index (χ2n) is 8.88. The number of halogens is 4. The SMILES string of the molecule is O=C(O)/C=C/c1cc(F)c(C2C3=C(CC(C(F)F)N2C2CCOC2)c2ccccc2C3)c(F)c1. The van der Waals surface area contributed by atoms with Crippen LogP contribution in [-0.2, 0) is 16.0 Å². The summed E-state index contributed by atoms with van der Waals surface area (Å²) < 4.78 is 65.3. The first-order valence-corrected chi connectivity index (χ1v) is 11.2. The Morgan fingerprint density at radius 3 is 2.56 bits per heavy atom. The first kappa shape index (κ1) is 22.8. The van der Waals surface area contributed by atoms with Crippen molar-refractivity contribution in [3.63, 3.8) is 0 Å². The highest BCUT2D eigenvalue weighted by Gasteiger charge is 2.48. The highest BCUT2D eigenvalue weighted by atomic mass is 19.3. The Balaban J connectivity index is 1.68. The first-order valence-electron chi connectivity index (χ1n) is 11.2. The molecular formula is C26H23F4NO3. The van der Waals surface area contributed by atoms with Gasteiger partial charge in [-0.15, -0.1) is 0 Å². The lowest BCUT2D eigenvalue weighted by atomic mass is 9.82. The maximum absolute atomic E-state index is 15.5. The van der Waals surface area contributed by atoms with Gasteiger partial charge in [-0.2, -0.15) is 0 Å². The lowest BCUT2D eigenvalue weighted by Gasteiger charge is -2.46. The molecule has 0 bridgehead atoms. The van der Waals surface area contributed by atoms with Crippen LogP contribution in [0.5, 0.6) is 0 Å². The quantitative estimate of drug-likeness (QED) is 0.477. The Kier molecular flexibility index (Phi) is 6.04. The molecule has 4 nitrogen and oxygen atoms in total. The van der Waals surface area contributed by atoms with Gasteiger partial charge in [0, 0.05) is 24.3 Å². The summed E-state index contributed by atoms with van der Waals surface area (Å²) in [4.78, 5) is 12.4. The topological polar surface area (TPSA) is 49.8 Å². The van der Waals surface area contributed by atoms with Crippen LogP contribution in [0.1, 0.15) is 41.1 Å². The minimum absolute atomic E-state index is 0.0435. The normalized spacial score (nSPS) is 24.8. The van der Waals surface area contributed by atoms with Gasteiger partial charge in [0.05, 0.1) is 18.7 Å². The second kappa shape index (κ2) is 9.00. The van der Waals surface area contributed by atoms with Gasteiger partial charge < -0.3 is 9.84 Å². The van der Waals surface area contributed by atoms with Gasteiger partial charge in [-0.25, -0.2) is 22.4 Å². The van der Waals surface area contributed by atoms with E-state index in [0.29, 0.717) is 19.4 Å². The molecule has 1 fully saturated rings. The van der Waals surface area contributed by atoms with Crippen LogP contribution in [0.15, 0.2) is 48.0 Å². The molecule has 0 spiro atoms. The summed E-state index contributed by atoms with van der Waals surface area (Å²) in [5, 5.41) is 8.83. The number of aliphatic carboxylic acids is 1. The number of rotatable bonds is 5. The van der Waals surface area contributed by atoms with E-state index in [1.165, 1.54) is 0 Å². The van der Waals surface area contributed by atoms with Crippen molar-refractivity contribution in [2.24, 2.45) is 0 Å². The number of fused-ring (bicyclic) bond motifs is 2. The van der Waals surface area contributed by atoms with Crippen molar-refractivity contribution < 1.29 is 32.2 Å². The molecule has 0 amide bonds. The number of hydrogen-bond donors (Lipinski definition) is 1. The molecule has 2 aliphatic heterocycles. The molecule has 0 aromatic heterocycles. The highest BCUT2D eigenvalue weighted by molar-refractivity contribution is 5.85. The molecule has 0 saturated carbocycles. The molecule has 0 radical (unpaired) electrons. The summed E-state index contributed by atoms with van der Waals surface area (Å²) in [5.41, 5.74) is 3.03. The van der Waals surface area contributed by atoms with Crippen molar-refractivity contribution in [3.05, 3.63) is 81.9 Å². The molecule has 2 aromatic carbocycles. The molecule has 3 aliphatic rings. The van der Waals surface area contributed by atoms with E-state index in [9.17, 15) is 13.6 Å². The molecule has 178 valence electrons. The van der Waals surface area contributed by atoms with Crippen LogP contribution in [0.25, 0.3) is 11.6 Å². The summed E-state index contributed by atoms with van der Waals surface area (Å²) in [6.07, 6.45) is 0.194. The van der Waals surface area contributed by atoms with Crippen LogP contribution < -0.4 is 0 Å². The minimum atomic E-state index is -2.71. The summed E-state index contributed by atoms with van der Waals surface area (Å²) >= 11 is 0. The summed E-state index contributed by atoms with van der Waals surface area (Å²) in [6, 6.07) is 6.96. The van der Waals surface area contributed by atoms with Crippen molar-refractivity contribution in [1.82, 2.24) is 4.90 Å². The monoisotopic (exact) mass is 473 g/mol. The van der Waals surface area contributed by atoms with E-state index in [-0.39, 0.29) is 24.2 Å². The van der Waals surface area contributed by atoms with E-state index in [2.05, 4.69) is 0 Å². The largest absolute Gasteiger partial charge is 0.478 e. The van der Waals surface area contributed by atoms with Gasteiger partial charge in [0.2, 0.25) is 0 Å². The van der Waals surface area contributed by atoms with Crippen molar-refractivity contribution in [3.8, 4) is 0 Å². The molecule has 1 aliphatic carbocycles. The maximum Gasteiger partial charge on any atom is 0.328 e. The highest BCUT2D eigenvalue weighted by Crippen LogP contribution is 2.51. The Bertz CT molecular complexity index is 1160. The van der Waals surface area contributed by atoms with E-state index in [1.54, 1.807) is 4.90 Å². The van der Waals surface area contributed by atoms with Gasteiger partial charge in [-0.3, -0.25) is 4.90 Å². The molecule has 1 N–H and O–H groups in total. The van der Waals surface area contributed by atoms with Crippen LogP contribution in [0.4, 0.5) is 17.6 Å². The van der Waals surface area contributed by atoms with Crippen LogP contribution in [-0.4, -0.2) is 47.7 Å². The molecular weight excluding hydrogens is 450 g/mol. The zero-order valence-electron chi connectivity index (χ0n) is 18.2. The maximum atomic E-state index is 15.5. The molecule has 34 heavy (non-hydrogen) atoms. The Morgan fingerprint density at radius 2 is 1.91 bits per heavy atom. The third kappa shape index (κ3) is 3.95. The van der Waals surface area contributed by atoms with E-state index < -0.39 is 42.2 Å². The zero-order valence-corrected chi connectivity index (χ0v) is 18.2.